The summed E-state index contributed by atoms with van der Waals surface area (Å²) in [6.45, 7) is 4.29. The van der Waals surface area contributed by atoms with Crippen LogP contribution in [0.2, 0.25) is 0 Å². The SMILES string of the molecule is CCOc1ccc(NC(=O)C2=C(C)Nc3nc4ccccc4n3C2c2ccc([N+](=O)[O-])cc2)cc1. The van der Waals surface area contributed by atoms with Crippen LogP contribution in [0.5, 0.6) is 5.75 Å². The van der Waals surface area contributed by atoms with Crippen LogP contribution in [0.15, 0.2) is 84.1 Å². The summed E-state index contributed by atoms with van der Waals surface area (Å²) < 4.78 is 7.44. The second kappa shape index (κ2) is 8.94. The molecular weight excluding hydrogens is 446 g/mol. The van der Waals surface area contributed by atoms with Crippen LogP contribution in [0.3, 0.4) is 0 Å². The standard InChI is InChI=1S/C26H23N5O4/c1-3-35-20-14-10-18(11-15-20)28-25(32)23-16(2)27-26-29-21-6-4-5-7-22(21)30(26)24(23)17-8-12-19(13-9-17)31(33)34/h4-15,24H,3H2,1-2H3,(H,27,29)(H,28,32). The quantitative estimate of drug-likeness (QED) is 0.294. The molecule has 0 radical (unpaired) electrons. The number of ether oxygens (including phenoxy) is 1. The van der Waals surface area contributed by atoms with Gasteiger partial charge in [-0.1, -0.05) is 12.1 Å². The van der Waals surface area contributed by atoms with Gasteiger partial charge >= 0.3 is 0 Å². The molecule has 0 saturated heterocycles. The first-order valence-electron chi connectivity index (χ1n) is 11.2. The number of allylic oxidation sites excluding steroid dienone is 1. The number of nitrogens with zero attached hydrogens (tertiary/aromatic N) is 3. The van der Waals surface area contributed by atoms with E-state index in [-0.39, 0.29) is 11.6 Å². The van der Waals surface area contributed by atoms with E-state index in [2.05, 4.69) is 10.6 Å². The number of nitro groups is 1. The number of carbonyl (C=O) groups excluding carboxylic acids is 1. The molecule has 3 aromatic carbocycles. The van der Waals surface area contributed by atoms with E-state index in [1.165, 1.54) is 12.1 Å². The number of imidazole rings is 1. The Morgan fingerprint density at radius 1 is 1.11 bits per heavy atom. The lowest BCUT2D eigenvalue weighted by atomic mass is 9.94. The third kappa shape index (κ3) is 4.08. The van der Waals surface area contributed by atoms with Crippen LogP contribution < -0.4 is 15.4 Å². The Kier molecular flexibility index (Phi) is 5.66. The van der Waals surface area contributed by atoms with Crippen molar-refractivity contribution in [3.63, 3.8) is 0 Å². The van der Waals surface area contributed by atoms with Gasteiger partial charge in [0, 0.05) is 23.5 Å². The van der Waals surface area contributed by atoms with Crippen molar-refractivity contribution in [1.82, 2.24) is 9.55 Å². The predicted octanol–water partition coefficient (Wildman–Crippen LogP) is 5.27. The van der Waals surface area contributed by atoms with Gasteiger partial charge in [0.2, 0.25) is 5.95 Å². The summed E-state index contributed by atoms with van der Waals surface area (Å²) >= 11 is 0. The number of non-ortho nitro benzene ring substituents is 1. The predicted molar refractivity (Wildman–Crippen MR) is 134 cm³/mol. The molecule has 0 aliphatic carbocycles. The second-order valence-corrected chi connectivity index (χ2v) is 8.12. The first-order chi connectivity index (χ1) is 17.0. The number of rotatable bonds is 6. The first-order valence-corrected chi connectivity index (χ1v) is 11.2. The molecule has 1 atom stereocenters. The smallest absolute Gasteiger partial charge is 0.269 e. The topological polar surface area (TPSA) is 111 Å². The highest BCUT2D eigenvalue weighted by Gasteiger charge is 2.34. The van der Waals surface area contributed by atoms with E-state index in [0.717, 1.165) is 22.3 Å². The maximum Gasteiger partial charge on any atom is 0.269 e. The number of amides is 1. The number of fused-ring (bicyclic) bond motifs is 3. The van der Waals surface area contributed by atoms with Crippen molar-refractivity contribution >= 4 is 34.3 Å². The molecule has 0 bridgehead atoms. The van der Waals surface area contributed by atoms with Crippen molar-refractivity contribution < 1.29 is 14.5 Å². The molecule has 1 unspecified atom stereocenters. The molecule has 0 spiro atoms. The highest BCUT2D eigenvalue weighted by molar-refractivity contribution is 6.06. The summed E-state index contributed by atoms with van der Waals surface area (Å²) in [7, 11) is 0. The zero-order chi connectivity index (χ0) is 24.5. The van der Waals surface area contributed by atoms with E-state index in [9.17, 15) is 14.9 Å². The van der Waals surface area contributed by atoms with Gasteiger partial charge in [-0.2, -0.15) is 0 Å². The molecule has 1 aliphatic heterocycles. The minimum Gasteiger partial charge on any atom is -0.494 e. The number of nitro benzene ring substituents is 1. The maximum absolute atomic E-state index is 13.6. The average molecular weight is 470 g/mol. The van der Waals surface area contributed by atoms with E-state index < -0.39 is 11.0 Å². The van der Waals surface area contributed by atoms with Gasteiger partial charge < -0.3 is 15.4 Å². The van der Waals surface area contributed by atoms with Gasteiger partial charge in [0.25, 0.3) is 11.6 Å². The van der Waals surface area contributed by atoms with E-state index in [1.54, 1.807) is 36.4 Å². The molecule has 176 valence electrons. The van der Waals surface area contributed by atoms with Crippen molar-refractivity contribution in [1.29, 1.82) is 0 Å². The maximum atomic E-state index is 13.6. The number of benzene rings is 3. The Bertz CT molecular complexity index is 1460. The summed E-state index contributed by atoms with van der Waals surface area (Å²) in [5, 5.41) is 17.5. The van der Waals surface area contributed by atoms with Gasteiger partial charge in [0.05, 0.1) is 34.2 Å². The largest absolute Gasteiger partial charge is 0.494 e. The second-order valence-electron chi connectivity index (χ2n) is 8.12. The van der Waals surface area contributed by atoms with Crippen molar-refractivity contribution in [3.8, 4) is 5.75 Å². The lowest BCUT2D eigenvalue weighted by Crippen LogP contribution is -2.30. The van der Waals surface area contributed by atoms with E-state index >= 15 is 0 Å². The Morgan fingerprint density at radius 3 is 2.51 bits per heavy atom. The Balaban J connectivity index is 1.58. The third-order valence-corrected chi connectivity index (χ3v) is 5.92. The molecule has 2 heterocycles. The highest BCUT2D eigenvalue weighted by Crippen LogP contribution is 2.40. The molecule has 0 saturated carbocycles. The van der Waals surface area contributed by atoms with Crippen molar-refractivity contribution in [2.75, 3.05) is 17.2 Å². The number of carbonyl (C=O) groups is 1. The van der Waals surface area contributed by atoms with Crippen molar-refractivity contribution in [3.05, 3.63) is 99.7 Å². The number of anilines is 2. The number of hydrogen-bond donors (Lipinski definition) is 2. The normalized spacial score (nSPS) is 14.9. The molecule has 2 N–H and O–H groups in total. The van der Waals surface area contributed by atoms with Gasteiger partial charge in [-0.15, -0.1) is 0 Å². The Labute approximate surface area is 201 Å². The lowest BCUT2D eigenvalue weighted by molar-refractivity contribution is -0.384. The van der Waals surface area contributed by atoms with E-state index in [1.807, 2.05) is 42.7 Å². The minimum atomic E-state index is -0.540. The van der Waals surface area contributed by atoms with Gasteiger partial charge in [-0.05, 0) is 67.9 Å². The zero-order valence-electron chi connectivity index (χ0n) is 19.2. The van der Waals surface area contributed by atoms with Crippen LogP contribution in [0, 0.1) is 10.1 Å². The van der Waals surface area contributed by atoms with Crippen molar-refractivity contribution in [2.24, 2.45) is 0 Å². The van der Waals surface area contributed by atoms with Crippen LogP contribution >= 0.6 is 0 Å². The molecule has 9 nitrogen and oxygen atoms in total. The summed E-state index contributed by atoms with van der Waals surface area (Å²) in [4.78, 5) is 29.1. The molecule has 1 aliphatic rings. The molecule has 35 heavy (non-hydrogen) atoms. The van der Waals surface area contributed by atoms with Crippen LogP contribution in [0.25, 0.3) is 11.0 Å². The number of nitrogens with one attached hydrogen (secondary N) is 2. The Morgan fingerprint density at radius 2 is 1.83 bits per heavy atom. The van der Waals surface area contributed by atoms with Gasteiger partial charge in [0.1, 0.15) is 5.75 Å². The van der Waals surface area contributed by atoms with E-state index in [4.69, 9.17) is 9.72 Å². The zero-order valence-corrected chi connectivity index (χ0v) is 19.2. The number of para-hydroxylation sites is 2. The van der Waals surface area contributed by atoms with E-state index in [0.29, 0.717) is 29.5 Å². The monoisotopic (exact) mass is 469 g/mol. The lowest BCUT2D eigenvalue weighted by Gasteiger charge is -2.30. The van der Waals surface area contributed by atoms with Crippen molar-refractivity contribution in [2.45, 2.75) is 19.9 Å². The van der Waals surface area contributed by atoms with Gasteiger partial charge in [0.15, 0.2) is 0 Å². The molecule has 1 aromatic heterocycles. The number of aromatic nitrogens is 2. The average Bonchev–Trinajstić information content (AvgIpc) is 3.22. The van der Waals surface area contributed by atoms with Crippen LogP contribution in [0.1, 0.15) is 25.5 Å². The third-order valence-electron chi connectivity index (χ3n) is 5.92. The molecule has 4 aromatic rings. The molecule has 1 amide bonds. The summed E-state index contributed by atoms with van der Waals surface area (Å²) in [5.74, 6) is 1.04. The Hall–Kier alpha value is -4.66. The highest BCUT2D eigenvalue weighted by atomic mass is 16.6. The van der Waals surface area contributed by atoms with Crippen LogP contribution in [-0.2, 0) is 4.79 Å². The first kappa shape index (κ1) is 22.1. The fraction of sp³-hybridized carbons (Fsp3) is 0.154. The van der Waals surface area contributed by atoms with Gasteiger partial charge in [-0.25, -0.2) is 4.98 Å². The van der Waals surface area contributed by atoms with Crippen LogP contribution in [0.4, 0.5) is 17.3 Å². The molecular formula is C26H23N5O4. The van der Waals surface area contributed by atoms with Crippen LogP contribution in [-0.4, -0.2) is 27.0 Å². The summed E-state index contributed by atoms with van der Waals surface area (Å²) in [5.41, 5.74) is 4.11. The summed E-state index contributed by atoms with van der Waals surface area (Å²) in [6, 6.07) is 20.6. The summed E-state index contributed by atoms with van der Waals surface area (Å²) in [6.07, 6.45) is 0. The number of hydrogen-bond acceptors (Lipinski definition) is 6. The fourth-order valence-electron chi connectivity index (χ4n) is 4.35. The fourth-order valence-corrected chi connectivity index (χ4v) is 4.35. The van der Waals surface area contributed by atoms with Gasteiger partial charge in [-0.3, -0.25) is 19.5 Å². The molecule has 5 rings (SSSR count). The molecule has 9 heteroatoms. The minimum absolute atomic E-state index is 0.0144. The molecule has 0 fully saturated rings.